The van der Waals surface area contributed by atoms with Crippen molar-refractivity contribution in [1.29, 1.82) is 0 Å². The fourth-order valence-electron chi connectivity index (χ4n) is 3.47. The van der Waals surface area contributed by atoms with Crippen LogP contribution in [0.25, 0.3) is 0 Å². The van der Waals surface area contributed by atoms with E-state index in [1.165, 1.54) is 18.6 Å². The summed E-state index contributed by atoms with van der Waals surface area (Å²) in [5.41, 5.74) is 0.352. The molecule has 2 aliphatic heterocycles. The van der Waals surface area contributed by atoms with Crippen LogP contribution in [0.15, 0.2) is 18.6 Å². The van der Waals surface area contributed by atoms with Crippen molar-refractivity contribution in [1.82, 2.24) is 19.2 Å². The smallest absolute Gasteiger partial charge is 0.274 e. The van der Waals surface area contributed by atoms with Crippen LogP contribution in [-0.4, -0.2) is 64.9 Å². The molecule has 0 radical (unpaired) electrons. The topological polar surface area (TPSA) is 83.5 Å². The predicted octanol–water partition coefficient (Wildman–Crippen LogP) is -0.0274. The van der Waals surface area contributed by atoms with E-state index in [1.807, 2.05) is 0 Å². The van der Waals surface area contributed by atoms with Crippen molar-refractivity contribution < 1.29 is 13.2 Å². The lowest BCUT2D eigenvalue weighted by molar-refractivity contribution is 0.0772. The predicted molar refractivity (Wildman–Crippen MR) is 78.4 cm³/mol. The number of amides is 1. The molecule has 22 heavy (non-hydrogen) atoms. The minimum absolute atomic E-state index is 0.112. The molecule has 118 valence electrons. The van der Waals surface area contributed by atoms with Crippen molar-refractivity contribution in [3.05, 3.63) is 24.3 Å². The van der Waals surface area contributed by atoms with Gasteiger partial charge in [0.15, 0.2) is 0 Å². The molecule has 4 rings (SSSR count). The number of sulfonamides is 1. The molecule has 1 saturated carbocycles. The van der Waals surface area contributed by atoms with Crippen molar-refractivity contribution in [2.24, 2.45) is 11.8 Å². The minimum Gasteiger partial charge on any atom is -0.337 e. The summed E-state index contributed by atoms with van der Waals surface area (Å²) in [5, 5.41) is -0.149. The average molecular weight is 322 g/mol. The maximum atomic E-state index is 12.4. The third-order valence-electron chi connectivity index (χ3n) is 4.83. The number of carbonyl (C=O) groups excluding carboxylic acids is 1. The van der Waals surface area contributed by atoms with Gasteiger partial charge in [-0.3, -0.25) is 9.78 Å². The normalized spacial score (nSPS) is 28.8. The van der Waals surface area contributed by atoms with E-state index < -0.39 is 10.0 Å². The summed E-state index contributed by atoms with van der Waals surface area (Å²) < 4.78 is 26.2. The van der Waals surface area contributed by atoms with Gasteiger partial charge in [-0.15, -0.1) is 0 Å². The minimum atomic E-state index is -3.09. The van der Waals surface area contributed by atoms with Crippen LogP contribution in [0.5, 0.6) is 0 Å². The van der Waals surface area contributed by atoms with Crippen molar-refractivity contribution >= 4 is 15.9 Å². The second-order valence-corrected chi connectivity index (χ2v) is 8.60. The lowest BCUT2D eigenvalue weighted by Gasteiger charge is -2.21. The van der Waals surface area contributed by atoms with Crippen LogP contribution < -0.4 is 0 Å². The number of nitrogens with zero attached hydrogens (tertiary/aromatic N) is 4. The number of hydrogen-bond donors (Lipinski definition) is 0. The molecule has 1 aromatic heterocycles. The summed E-state index contributed by atoms with van der Waals surface area (Å²) in [7, 11) is -3.09. The van der Waals surface area contributed by atoms with Crippen LogP contribution in [-0.2, 0) is 10.0 Å². The van der Waals surface area contributed by atoms with E-state index in [2.05, 4.69) is 9.97 Å². The Morgan fingerprint density at radius 1 is 1.09 bits per heavy atom. The zero-order valence-corrected chi connectivity index (χ0v) is 12.9. The highest BCUT2D eigenvalue weighted by atomic mass is 32.2. The molecule has 3 fully saturated rings. The Bertz CT molecular complexity index is 675. The first-order chi connectivity index (χ1) is 10.6. The van der Waals surface area contributed by atoms with Crippen LogP contribution in [0.1, 0.15) is 23.3 Å². The third-order valence-corrected chi connectivity index (χ3v) is 7.16. The number of rotatable bonds is 3. The van der Waals surface area contributed by atoms with E-state index in [-0.39, 0.29) is 23.0 Å². The van der Waals surface area contributed by atoms with Gasteiger partial charge in [-0.25, -0.2) is 17.7 Å². The van der Waals surface area contributed by atoms with Crippen molar-refractivity contribution in [3.63, 3.8) is 0 Å². The molecular formula is C14H18N4O3S. The maximum Gasteiger partial charge on any atom is 0.274 e. The van der Waals surface area contributed by atoms with Gasteiger partial charge in [-0.05, 0) is 24.7 Å². The number of carbonyl (C=O) groups is 1. The van der Waals surface area contributed by atoms with Gasteiger partial charge in [0.1, 0.15) is 5.69 Å². The number of hydrogen-bond acceptors (Lipinski definition) is 5. The first-order valence-corrected chi connectivity index (χ1v) is 9.10. The molecule has 1 amide bonds. The van der Waals surface area contributed by atoms with E-state index in [1.54, 1.807) is 9.21 Å². The van der Waals surface area contributed by atoms with Crippen LogP contribution in [0.4, 0.5) is 0 Å². The fourth-order valence-corrected chi connectivity index (χ4v) is 5.42. The molecule has 0 aromatic carbocycles. The average Bonchev–Trinajstić information content (AvgIpc) is 3.19. The van der Waals surface area contributed by atoms with E-state index in [0.717, 1.165) is 12.8 Å². The van der Waals surface area contributed by atoms with Gasteiger partial charge < -0.3 is 4.90 Å². The number of likely N-dealkylation sites (tertiary alicyclic amines) is 1. The van der Waals surface area contributed by atoms with E-state index >= 15 is 0 Å². The zero-order chi connectivity index (χ0) is 15.3. The zero-order valence-electron chi connectivity index (χ0n) is 12.1. The summed E-state index contributed by atoms with van der Waals surface area (Å²) >= 11 is 0. The highest BCUT2D eigenvalue weighted by molar-refractivity contribution is 7.90. The molecule has 8 heteroatoms. The van der Waals surface area contributed by atoms with Gasteiger partial charge in [0.25, 0.3) is 5.91 Å². The van der Waals surface area contributed by atoms with E-state index in [0.29, 0.717) is 31.9 Å². The molecule has 0 bridgehead atoms. The van der Waals surface area contributed by atoms with E-state index in [4.69, 9.17) is 0 Å². The lowest BCUT2D eigenvalue weighted by atomic mass is 10.0. The second-order valence-electron chi connectivity index (χ2n) is 6.38. The quantitative estimate of drug-likeness (QED) is 0.780. The Labute approximate surface area is 129 Å². The monoisotopic (exact) mass is 322 g/mol. The molecule has 0 spiro atoms. The molecule has 1 aromatic rings. The fraction of sp³-hybridized carbons (Fsp3) is 0.643. The standard InChI is InChI=1S/C14H18N4O3S/c19-14(13-5-15-3-4-16-13)17-6-10-8-18(9-11(10)7-17)22(20,21)12-1-2-12/h3-5,10-12H,1-2,6-9H2/t10-,11+. The summed E-state index contributed by atoms with van der Waals surface area (Å²) in [5.74, 6) is 0.377. The maximum absolute atomic E-state index is 12.4. The Kier molecular flexibility index (Phi) is 3.19. The largest absolute Gasteiger partial charge is 0.337 e. The van der Waals surface area contributed by atoms with E-state index in [9.17, 15) is 13.2 Å². The molecule has 3 heterocycles. The summed E-state index contributed by atoms with van der Waals surface area (Å²) in [4.78, 5) is 22.1. The van der Waals surface area contributed by atoms with Gasteiger partial charge in [-0.1, -0.05) is 0 Å². The van der Waals surface area contributed by atoms with Gasteiger partial charge in [-0.2, -0.15) is 0 Å². The first kappa shape index (κ1) is 14.1. The number of aromatic nitrogens is 2. The molecule has 7 nitrogen and oxygen atoms in total. The molecule has 1 aliphatic carbocycles. The van der Waals surface area contributed by atoms with Crippen molar-refractivity contribution in [3.8, 4) is 0 Å². The molecule has 2 atom stereocenters. The van der Waals surface area contributed by atoms with Crippen LogP contribution in [0.3, 0.4) is 0 Å². The van der Waals surface area contributed by atoms with Gasteiger partial charge >= 0.3 is 0 Å². The molecular weight excluding hydrogens is 304 g/mol. The Hall–Kier alpha value is -1.54. The van der Waals surface area contributed by atoms with Gasteiger partial charge in [0.05, 0.1) is 11.4 Å². The highest BCUT2D eigenvalue weighted by Crippen LogP contribution is 2.38. The Morgan fingerprint density at radius 2 is 1.77 bits per heavy atom. The van der Waals surface area contributed by atoms with Crippen LogP contribution in [0, 0.1) is 11.8 Å². The molecule has 0 N–H and O–H groups in total. The molecule has 2 saturated heterocycles. The molecule has 0 unspecified atom stereocenters. The van der Waals surface area contributed by atoms with Crippen LogP contribution >= 0.6 is 0 Å². The summed E-state index contributed by atoms with van der Waals surface area (Å²) in [6.45, 7) is 2.31. The van der Waals surface area contributed by atoms with Crippen LogP contribution in [0.2, 0.25) is 0 Å². The molecule has 3 aliphatic rings. The highest BCUT2D eigenvalue weighted by Gasteiger charge is 2.49. The second kappa shape index (κ2) is 4.99. The first-order valence-electron chi connectivity index (χ1n) is 7.60. The SMILES string of the molecule is O=C(c1cnccn1)N1C[C@@H]2CN(S(=O)(=O)C3CC3)C[C@@H]2C1. The summed E-state index contributed by atoms with van der Waals surface area (Å²) in [6, 6.07) is 0. The van der Waals surface area contributed by atoms with Crippen molar-refractivity contribution in [2.75, 3.05) is 26.2 Å². The number of fused-ring (bicyclic) bond motifs is 1. The Morgan fingerprint density at radius 3 is 2.32 bits per heavy atom. The van der Waals surface area contributed by atoms with Gasteiger partial charge in [0, 0.05) is 38.6 Å². The lowest BCUT2D eigenvalue weighted by Crippen LogP contribution is -2.37. The third kappa shape index (κ3) is 2.30. The summed E-state index contributed by atoms with van der Waals surface area (Å²) in [6.07, 6.45) is 6.11. The Balaban J connectivity index is 1.43. The van der Waals surface area contributed by atoms with Gasteiger partial charge in [0.2, 0.25) is 10.0 Å². The van der Waals surface area contributed by atoms with Crippen molar-refractivity contribution in [2.45, 2.75) is 18.1 Å².